The third-order valence-corrected chi connectivity index (χ3v) is 9.77. The van der Waals surface area contributed by atoms with Crippen molar-refractivity contribution in [1.29, 1.82) is 0 Å². The highest BCUT2D eigenvalue weighted by Crippen LogP contribution is 2.32. The number of sulfonamides is 1. The molecular weight excluding hydrogens is 640 g/mol. The summed E-state index contributed by atoms with van der Waals surface area (Å²) in [6.07, 6.45) is 0.259. The van der Waals surface area contributed by atoms with Crippen LogP contribution in [0, 0.1) is 12.8 Å². The van der Waals surface area contributed by atoms with Crippen molar-refractivity contribution in [1.82, 2.24) is 10.2 Å². The van der Waals surface area contributed by atoms with Gasteiger partial charge >= 0.3 is 0 Å². The van der Waals surface area contributed by atoms with Crippen molar-refractivity contribution in [3.8, 4) is 0 Å². The Morgan fingerprint density at radius 2 is 1.50 bits per heavy atom. The van der Waals surface area contributed by atoms with E-state index in [1.807, 2.05) is 20.8 Å². The van der Waals surface area contributed by atoms with Gasteiger partial charge in [-0.1, -0.05) is 90.9 Å². The highest BCUT2D eigenvalue weighted by Gasteiger charge is 2.34. The lowest BCUT2D eigenvalue weighted by Gasteiger charge is -2.33. The second-order valence-corrected chi connectivity index (χ2v) is 13.7. The van der Waals surface area contributed by atoms with E-state index >= 15 is 0 Å². The Kier molecular flexibility index (Phi) is 12.0. The summed E-state index contributed by atoms with van der Waals surface area (Å²) in [6, 6.07) is 14.6. The molecule has 3 rings (SSSR count). The third kappa shape index (κ3) is 8.32. The Bertz CT molecular complexity index is 1510. The molecule has 3 aromatic rings. The van der Waals surface area contributed by atoms with E-state index in [0.717, 1.165) is 9.87 Å². The molecule has 3 aromatic carbocycles. The molecule has 0 aliphatic heterocycles. The van der Waals surface area contributed by atoms with Crippen LogP contribution in [0.5, 0.6) is 0 Å². The number of amides is 2. The molecule has 12 heteroatoms. The lowest BCUT2D eigenvalue weighted by molar-refractivity contribution is -0.140. The minimum Gasteiger partial charge on any atom is -0.354 e. The molecule has 0 saturated heterocycles. The molecule has 226 valence electrons. The van der Waals surface area contributed by atoms with Crippen LogP contribution in [0.25, 0.3) is 0 Å². The SMILES string of the molecule is CCC(C(=O)NCC(C)C)N(Cc1c(Cl)cccc1Cl)C(=O)CN(c1ccc(Cl)c(Cl)c1)S(=O)(=O)c1ccc(C)cc1. The molecule has 7 nitrogen and oxygen atoms in total. The van der Waals surface area contributed by atoms with Gasteiger partial charge in [-0.2, -0.15) is 0 Å². The van der Waals surface area contributed by atoms with Crippen molar-refractivity contribution < 1.29 is 18.0 Å². The van der Waals surface area contributed by atoms with E-state index in [9.17, 15) is 18.0 Å². The first-order chi connectivity index (χ1) is 19.8. The van der Waals surface area contributed by atoms with Crippen LogP contribution in [-0.2, 0) is 26.2 Å². The molecule has 2 amide bonds. The number of halogens is 4. The molecule has 0 spiro atoms. The maximum atomic E-state index is 14.2. The van der Waals surface area contributed by atoms with Gasteiger partial charge in [-0.3, -0.25) is 13.9 Å². The van der Waals surface area contributed by atoms with E-state index < -0.39 is 28.5 Å². The van der Waals surface area contributed by atoms with Gasteiger partial charge in [0, 0.05) is 28.7 Å². The third-order valence-electron chi connectivity index (χ3n) is 6.54. The zero-order valence-corrected chi connectivity index (χ0v) is 27.5. The molecule has 1 N–H and O–H groups in total. The van der Waals surface area contributed by atoms with Gasteiger partial charge in [0.25, 0.3) is 10.0 Å². The van der Waals surface area contributed by atoms with Crippen LogP contribution < -0.4 is 9.62 Å². The van der Waals surface area contributed by atoms with Gasteiger partial charge < -0.3 is 10.2 Å². The summed E-state index contributed by atoms with van der Waals surface area (Å²) in [7, 11) is -4.26. The fourth-order valence-corrected chi connectivity index (χ4v) is 6.42. The molecule has 0 heterocycles. The molecule has 0 fully saturated rings. The predicted molar refractivity (Wildman–Crippen MR) is 171 cm³/mol. The van der Waals surface area contributed by atoms with E-state index in [1.54, 1.807) is 37.3 Å². The Hall–Kier alpha value is -2.49. The van der Waals surface area contributed by atoms with Crippen molar-refractivity contribution >= 4 is 73.9 Å². The number of carbonyl (C=O) groups is 2. The summed E-state index contributed by atoms with van der Waals surface area (Å²) < 4.78 is 28.9. The average molecular weight is 673 g/mol. The molecule has 1 unspecified atom stereocenters. The Morgan fingerprint density at radius 3 is 2.05 bits per heavy atom. The average Bonchev–Trinajstić information content (AvgIpc) is 2.93. The fourth-order valence-electron chi connectivity index (χ4n) is 4.20. The van der Waals surface area contributed by atoms with Crippen LogP contribution in [0.15, 0.2) is 65.6 Å². The van der Waals surface area contributed by atoms with Crippen LogP contribution >= 0.6 is 46.4 Å². The maximum Gasteiger partial charge on any atom is 0.264 e. The van der Waals surface area contributed by atoms with E-state index in [2.05, 4.69) is 5.32 Å². The highest BCUT2D eigenvalue weighted by molar-refractivity contribution is 7.92. The molecule has 0 aliphatic carbocycles. The Morgan fingerprint density at radius 1 is 0.881 bits per heavy atom. The number of anilines is 1. The van der Waals surface area contributed by atoms with Crippen LogP contribution in [0.4, 0.5) is 5.69 Å². The largest absolute Gasteiger partial charge is 0.354 e. The van der Waals surface area contributed by atoms with Gasteiger partial charge in [-0.25, -0.2) is 8.42 Å². The van der Waals surface area contributed by atoms with Gasteiger partial charge in [-0.15, -0.1) is 0 Å². The number of benzene rings is 3. The van der Waals surface area contributed by atoms with E-state index in [0.29, 0.717) is 22.2 Å². The number of nitrogens with zero attached hydrogens (tertiary/aromatic N) is 2. The number of rotatable bonds is 12. The van der Waals surface area contributed by atoms with Gasteiger partial charge in [0.1, 0.15) is 12.6 Å². The van der Waals surface area contributed by atoms with Gasteiger partial charge in [0.05, 0.1) is 20.6 Å². The first-order valence-electron chi connectivity index (χ1n) is 13.3. The number of hydrogen-bond donors (Lipinski definition) is 1. The summed E-state index contributed by atoms with van der Waals surface area (Å²) in [5.74, 6) is -0.831. The summed E-state index contributed by atoms with van der Waals surface area (Å²) in [5, 5.41) is 3.84. The smallest absolute Gasteiger partial charge is 0.264 e. The van der Waals surface area contributed by atoms with Crippen molar-refractivity contribution in [3.63, 3.8) is 0 Å². The zero-order chi connectivity index (χ0) is 31.2. The topological polar surface area (TPSA) is 86.8 Å². The van der Waals surface area contributed by atoms with E-state index in [-0.39, 0.29) is 45.4 Å². The zero-order valence-electron chi connectivity index (χ0n) is 23.7. The van der Waals surface area contributed by atoms with Crippen LogP contribution in [0.2, 0.25) is 20.1 Å². The van der Waals surface area contributed by atoms with Crippen molar-refractivity contribution in [2.24, 2.45) is 5.92 Å². The second kappa shape index (κ2) is 14.8. The second-order valence-electron chi connectivity index (χ2n) is 10.2. The fraction of sp³-hybridized carbons (Fsp3) is 0.333. The van der Waals surface area contributed by atoms with Crippen LogP contribution in [-0.4, -0.2) is 44.3 Å². The minimum absolute atomic E-state index is 0.0191. The molecule has 42 heavy (non-hydrogen) atoms. The first-order valence-corrected chi connectivity index (χ1v) is 16.3. The normalized spacial score (nSPS) is 12.2. The molecular formula is C30H33Cl4N3O4S. The number of nitrogens with one attached hydrogen (secondary N) is 1. The van der Waals surface area contributed by atoms with E-state index in [4.69, 9.17) is 46.4 Å². The van der Waals surface area contributed by atoms with Crippen LogP contribution in [0.3, 0.4) is 0 Å². The molecule has 0 aliphatic rings. The quantitative estimate of drug-likeness (QED) is 0.218. The van der Waals surface area contributed by atoms with Crippen molar-refractivity contribution in [2.45, 2.75) is 51.6 Å². The lowest BCUT2D eigenvalue weighted by Crippen LogP contribution is -2.52. The first kappa shape index (κ1) is 34.0. The Labute approximate surface area is 267 Å². The number of aryl methyl sites for hydroxylation is 1. The standard InChI is InChI=1S/C30H33Cl4N3O4S/c1-5-28(30(39)35-16-19(2)3)36(17-23-24(31)7-6-8-25(23)32)29(38)18-37(21-11-14-26(33)27(34)15-21)42(40,41)22-12-9-20(4)10-13-22/h6-15,19,28H,5,16-18H2,1-4H3,(H,35,39). The monoisotopic (exact) mass is 671 g/mol. The Balaban J connectivity index is 2.11. The summed E-state index contributed by atoms with van der Waals surface area (Å²) in [4.78, 5) is 28.8. The number of hydrogen-bond acceptors (Lipinski definition) is 4. The minimum atomic E-state index is -4.26. The maximum absolute atomic E-state index is 14.2. The predicted octanol–water partition coefficient (Wildman–Crippen LogP) is 7.38. The summed E-state index contributed by atoms with van der Waals surface area (Å²) in [6.45, 7) is 7.17. The summed E-state index contributed by atoms with van der Waals surface area (Å²) in [5.41, 5.74) is 1.44. The number of carbonyl (C=O) groups excluding carboxylic acids is 2. The molecule has 0 bridgehead atoms. The van der Waals surface area contributed by atoms with Gasteiger partial charge in [-0.05, 0) is 61.7 Å². The van der Waals surface area contributed by atoms with Crippen molar-refractivity contribution in [3.05, 3.63) is 91.9 Å². The van der Waals surface area contributed by atoms with Crippen molar-refractivity contribution in [2.75, 3.05) is 17.4 Å². The van der Waals surface area contributed by atoms with Gasteiger partial charge in [0.2, 0.25) is 11.8 Å². The van der Waals surface area contributed by atoms with Gasteiger partial charge in [0.15, 0.2) is 0 Å². The van der Waals surface area contributed by atoms with Crippen LogP contribution in [0.1, 0.15) is 38.3 Å². The molecule has 0 saturated carbocycles. The van der Waals surface area contributed by atoms with E-state index in [1.165, 1.54) is 35.2 Å². The lowest BCUT2D eigenvalue weighted by atomic mass is 10.1. The summed E-state index contributed by atoms with van der Waals surface area (Å²) >= 11 is 25.3. The molecule has 0 radical (unpaired) electrons. The molecule has 1 atom stereocenters. The molecule has 0 aromatic heterocycles. The highest BCUT2D eigenvalue weighted by atomic mass is 35.5.